The third-order valence-electron chi connectivity index (χ3n) is 2.27. The molecular formula is C13H16N2O5. The van der Waals surface area contributed by atoms with Crippen LogP contribution in [0.15, 0.2) is 18.2 Å². The molecule has 1 aromatic carbocycles. The Morgan fingerprint density at radius 2 is 2.05 bits per heavy atom. The predicted molar refractivity (Wildman–Crippen MR) is 71.1 cm³/mol. The molecule has 0 fully saturated rings. The van der Waals surface area contributed by atoms with Crippen LogP contribution in [0.1, 0.15) is 17.3 Å². The van der Waals surface area contributed by atoms with E-state index >= 15 is 0 Å². The third kappa shape index (κ3) is 4.60. The number of imide groups is 1. The number of methoxy groups -OCH3 is 1. The number of hydrogen-bond acceptors (Lipinski definition) is 5. The molecular weight excluding hydrogens is 264 g/mol. The highest BCUT2D eigenvalue weighted by atomic mass is 16.5. The van der Waals surface area contributed by atoms with Crippen LogP contribution in [0.2, 0.25) is 0 Å². The molecule has 0 aromatic heterocycles. The van der Waals surface area contributed by atoms with Crippen molar-refractivity contribution in [2.45, 2.75) is 6.92 Å². The summed E-state index contributed by atoms with van der Waals surface area (Å²) in [7, 11) is 1.44. The zero-order valence-electron chi connectivity index (χ0n) is 11.3. The summed E-state index contributed by atoms with van der Waals surface area (Å²) in [6, 6.07) is 3.98. The summed E-state index contributed by atoms with van der Waals surface area (Å²) >= 11 is 0. The van der Waals surface area contributed by atoms with E-state index < -0.39 is 11.9 Å². The van der Waals surface area contributed by atoms with Crippen LogP contribution in [-0.2, 0) is 4.79 Å². The number of benzene rings is 1. The maximum Gasteiger partial charge on any atom is 0.321 e. The van der Waals surface area contributed by atoms with Gasteiger partial charge in [-0.15, -0.1) is 0 Å². The molecule has 0 heterocycles. The maximum absolute atomic E-state index is 11.4. The molecule has 3 amide bonds. The second-order valence-electron chi connectivity index (χ2n) is 3.72. The molecule has 0 aliphatic heterocycles. The molecule has 20 heavy (non-hydrogen) atoms. The molecule has 0 spiro atoms. The molecule has 7 heteroatoms. The maximum atomic E-state index is 11.4. The van der Waals surface area contributed by atoms with Gasteiger partial charge in [-0.05, 0) is 25.1 Å². The van der Waals surface area contributed by atoms with Gasteiger partial charge in [-0.2, -0.15) is 0 Å². The minimum absolute atomic E-state index is 0.253. The molecule has 7 nitrogen and oxygen atoms in total. The molecule has 108 valence electrons. The van der Waals surface area contributed by atoms with Crippen molar-refractivity contribution in [2.75, 3.05) is 20.3 Å². The summed E-state index contributed by atoms with van der Waals surface area (Å²) in [6.45, 7) is 1.78. The van der Waals surface area contributed by atoms with Gasteiger partial charge in [0.25, 0.3) is 5.91 Å². The Morgan fingerprint density at radius 1 is 1.30 bits per heavy atom. The van der Waals surface area contributed by atoms with Crippen LogP contribution in [-0.4, -0.2) is 38.5 Å². The molecule has 0 aliphatic rings. The first-order chi connectivity index (χ1) is 9.60. The van der Waals surface area contributed by atoms with E-state index in [4.69, 9.17) is 9.47 Å². The Morgan fingerprint density at radius 3 is 2.65 bits per heavy atom. The van der Waals surface area contributed by atoms with Gasteiger partial charge in [0.2, 0.25) is 0 Å². The van der Waals surface area contributed by atoms with Gasteiger partial charge in [0.05, 0.1) is 7.11 Å². The van der Waals surface area contributed by atoms with Crippen molar-refractivity contribution in [3.05, 3.63) is 23.8 Å². The highest BCUT2D eigenvalue weighted by Gasteiger charge is 2.10. The SMILES string of the molecule is CCNC(=O)NC(=O)COc1cc(C=O)ccc1OC. The van der Waals surface area contributed by atoms with E-state index in [1.54, 1.807) is 19.1 Å². The highest BCUT2D eigenvalue weighted by Crippen LogP contribution is 2.27. The van der Waals surface area contributed by atoms with Crippen molar-refractivity contribution < 1.29 is 23.9 Å². The predicted octanol–water partition coefficient (Wildman–Crippen LogP) is 0.732. The van der Waals surface area contributed by atoms with Crippen molar-refractivity contribution in [3.8, 4) is 11.5 Å². The minimum atomic E-state index is -0.602. The van der Waals surface area contributed by atoms with Crippen LogP contribution in [0, 0.1) is 0 Å². The van der Waals surface area contributed by atoms with Gasteiger partial charge in [0, 0.05) is 12.1 Å². The zero-order chi connectivity index (χ0) is 15.0. The first kappa shape index (κ1) is 15.5. The molecule has 2 N–H and O–H groups in total. The average molecular weight is 280 g/mol. The van der Waals surface area contributed by atoms with Gasteiger partial charge in [-0.3, -0.25) is 14.9 Å². The molecule has 0 radical (unpaired) electrons. The Balaban J connectivity index is 2.62. The van der Waals surface area contributed by atoms with E-state index in [2.05, 4.69) is 10.6 Å². The van der Waals surface area contributed by atoms with E-state index in [0.29, 0.717) is 24.1 Å². The molecule has 0 saturated heterocycles. The van der Waals surface area contributed by atoms with E-state index in [1.807, 2.05) is 0 Å². The van der Waals surface area contributed by atoms with Gasteiger partial charge in [-0.25, -0.2) is 4.79 Å². The summed E-state index contributed by atoms with van der Waals surface area (Å²) in [5.74, 6) is 0.0408. The van der Waals surface area contributed by atoms with Crippen molar-refractivity contribution in [1.29, 1.82) is 0 Å². The third-order valence-corrected chi connectivity index (χ3v) is 2.27. The summed E-state index contributed by atoms with van der Waals surface area (Å²) in [5, 5.41) is 4.51. The van der Waals surface area contributed by atoms with Crippen LogP contribution in [0.4, 0.5) is 4.79 Å². The van der Waals surface area contributed by atoms with Crippen molar-refractivity contribution >= 4 is 18.2 Å². The fraction of sp³-hybridized carbons (Fsp3) is 0.308. The molecule has 1 rings (SSSR count). The molecule has 1 aromatic rings. The van der Waals surface area contributed by atoms with Crippen LogP contribution in [0.25, 0.3) is 0 Å². The molecule has 0 unspecified atom stereocenters. The number of carbonyl (C=O) groups excluding carboxylic acids is 3. The number of rotatable bonds is 6. The second-order valence-corrected chi connectivity index (χ2v) is 3.72. The lowest BCUT2D eigenvalue weighted by Crippen LogP contribution is -2.41. The summed E-state index contributed by atoms with van der Waals surface area (Å²) in [6.07, 6.45) is 0.654. The number of urea groups is 1. The summed E-state index contributed by atoms with van der Waals surface area (Å²) in [5.41, 5.74) is 0.393. The number of aldehydes is 1. The van der Waals surface area contributed by atoms with Crippen LogP contribution in [0.3, 0.4) is 0 Å². The van der Waals surface area contributed by atoms with Crippen LogP contribution >= 0.6 is 0 Å². The van der Waals surface area contributed by atoms with Crippen LogP contribution in [0.5, 0.6) is 11.5 Å². The fourth-order valence-electron chi connectivity index (χ4n) is 1.39. The Labute approximate surface area is 116 Å². The Kier molecular flexibility index (Phi) is 6.02. The van der Waals surface area contributed by atoms with Gasteiger partial charge in [-0.1, -0.05) is 0 Å². The average Bonchev–Trinajstić information content (AvgIpc) is 2.44. The van der Waals surface area contributed by atoms with E-state index in [-0.39, 0.29) is 12.4 Å². The van der Waals surface area contributed by atoms with E-state index in [0.717, 1.165) is 0 Å². The summed E-state index contributed by atoms with van der Waals surface area (Å²) in [4.78, 5) is 33.3. The fourth-order valence-corrected chi connectivity index (χ4v) is 1.39. The lowest BCUT2D eigenvalue weighted by molar-refractivity contribution is -0.122. The largest absolute Gasteiger partial charge is 0.493 e. The van der Waals surface area contributed by atoms with Gasteiger partial charge in [0.15, 0.2) is 18.1 Å². The van der Waals surface area contributed by atoms with Gasteiger partial charge < -0.3 is 14.8 Å². The monoisotopic (exact) mass is 280 g/mol. The minimum Gasteiger partial charge on any atom is -0.493 e. The first-order valence-corrected chi connectivity index (χ1v) is 5.94. The molecule has 0 aliphatic carbocycles. The normalized spacial score (nSPS) is 9.50. The van der Waals surface area contributed by atoms with E-state index in [1.165, 1.54) is 13.2 Å². The second kappa shape index (κ2) is 7.78. The number of ether oxygens (including phenoxy) is 2. The van der Waals surface area contributed by atoms with E-state index in [9.17, 15) is 14.4 Å². The van der Waals surface area contributed by atoms with Crippen molar-refractivity contribution in [3.63, 3.8) is 0 Å². The van der Waals surface area contributed by atoms with Gasteiger partial charge in [0.1, 0.15) is 6.29 Å². The number of hydrogen-bond donors (Lipinski definition) is 2. The Hall–Kier alpha value is -2.57. The smallest absolute Gasteiger partial charge is 0.321 e. The lowest BCUT2D eigenvalue weighted by atomic mass is 10.2. The topological polar surface area (TPSA) is 93.7 Å². The van der Waals surface area contributed by atoms with Crippen molar-refractivity contribution in [1.82, 2.24) is 10.6 Å². The molecule has 0 atom stereocenters. The van der Waals surface area contributed by atoms with Gasteiger partial charge >= 0.3 is 6.03 Å². The van der Waals surface area contributed by atoms with Crippen molar-refractivity contribution in [2.24, 2.45) is 0 Å². The number of amides is 3. The molecule has 0 bridgehead atoms. The number of carbonyl (C=O) groups is 3. The quantitative estimate of drug-likeness (QED) is 0.749. The lowest BCUT2D eigenvalue weighted by Gasteiger charge is -2.11. The Bertz CT molecular complexity index is 502. The standard InChI is InChI=1S/C13H16N2O5/c1-3-14-13(18)15-12(17)8-20-11-6-9(7-16)4-5-10(11)19-2/h4-7H,3,8H2,1-2H3,(H2,14,15,17,18). The first-order valence-electron chi connectivity index (χ1n) is 5.94. The highest BCUT2D eigenvalue weighted by molar-refractivity contribution is 5.95. The zero-order valence-corrected chi connectivity index (χ0v) is 11.3. The molecule has 0 saturated carbocycles. The number of nitrogens with one attached hydrogen (secondary N) is 2. The summed E-state index contributed by atoms with van der Waals surface area (Å²) < 4.78 is 10.3. The van der Waals surface area contributed by atoms with Crippen LogP contribution < -0.4 is 20.1 Å².